The second-order valence-corrected chi connectivity index (χ2v) is 7.15. The number of benzene rings is 1. The molecule has 0 spiro atoms. The number of hydrogen-bond donors (Lipinski definition) is 2. The molecule has 4 rings (SSSR count). The van der Waals surface area contributed by atoms with E-state index in [1.54, 1.807) is 0 Å². The van der Waals surface area contributed by atoms with Crippen LogP contribution in [0.15, 0.2) is 12.3 Å². The molecule has 0 unspecified atom stereocenters. The van der Waals surface area contributed by atoms with Gasteiger partial charge in [-0.2, -0.15) is 18.2 Å². The number of aromatic nitrogens is 2. The molecule has 8 nitrogen and oxygen atoms in total. The van der Waals surface area contributed by atoms with Gasteiger partial charge < -0.3 is 25.0 Å². The van der Waals surface area contributed by atoms with Gasteiger partial charge in [-0.3, -0.25) is 4.79 Å². The highest BCUT2D eigenvalue weighted by Gasteiger charge is 2.41. The van der Waals surface area contributed by atoms with Crippen LogP contribution in [0.3, 0.4) is 0 Å². The van der Waals surface area contributed by atoms with Gasteiger partial charge in [0.25, 0.3) is 0 Å². The van der Waals surface area contributed by atoms with Crippen LogP contribution >= 0.6 is 0 Å². The summed E-state index contributed by atoms with van der Waals surface area (Å²) >= 11 is 0. The van der Waals surface area contributed by atoms with Gasteiger partial charge in [-0.1, -0.05) is 0 Å². The molecule has 0 aliphatic carbocycles. The van der Waals surface area contributed by atoms with E-state index in [0.29, 0.717) is 31.3 Å². The highest BCUT2D eigenvalue weighted by Crippen LogP contribution is 2.44. The molecule has 2 bridgehead atoms. The maximum Gasteiger partial charge on any atom is 0.421 e. The molecular weight excluding hydrogens is 422 g/mol. The summed E-state index contributed by atoms with van der Waals surface area (Å²) in [6.07, 6.45) is -2.85. The van der Waals surface area contributed by atoms with Gasteiger partial charge in [0.15, 0.2) is 17.9 Å². The highest BCUT2D eigenvalue weighted by molar-refractivity contribution is 5.88. The molecule has 3 heterocycles. The number of hydrogen-bond acceptors (Lipinski definition) is 8. The molecular formula is C19H19F4N5O3. The summed E-state index contributed by atoms with van der Waals surface area (Å²) in [6.45, 7) is 0.989. The van der Waals surface area contributed by atoms with Crippen LogP contribution in [0.4, 0.5) is 40.7 Å². The SMILES string of the molecule is CNc1nc(Nc2c(N3C[C@@H]4C[C@H]3CO4)cc(C=O)c(F)c2OC)ncc1C(F)(F)F. The summed E-state index contributed by atoms with van der Waals surface area (Å²) in [4.78, 5) is 21.0. The number of anilines is 4. The van der Waals surface area contributed by atoms with E-state index >= 15 is 0 Å². The fraction of sp³-hybridized carbons (Fsp3) is 0.421. The van der Waals surface area contributed by atoms with Gasteiger partial charge in [0, 0.05) is 19.8 Å². The molecule has 166 valence electrons. The molecule has 2 aliphatic rings. The number of rotatable bonds is 6. The van der Waals surface area contributed by atoms with E-state index in [1.165, 1.54) is 20.2 Å². The van der Waals surface area contributed by atoms with Crippen molar-refractivity contribution in [1.29, 1.82) is 0 Å². The summed E-state index contributed by atoms with van der Waals surface area (Å²) in [7, 11) is 2.53. The highest BCUT2D eigenvalue weighted by atomic mass is 19.4. The fourth-order valence-corrected chi connectivity index (χ4v) is 3.91. The van der Waals surface area contributed by atoms with Gasteiger partial charge in [-0.05, 0) is 12.5 Å². The first-order chi connectivity index (χ1) is 14.8. The molecule has 2 aliphatic heterocycles. The molecule has 0 saturated carbocycles. The Kier molecular flexibility index (Phi) is 5.33. The zero-order valence-electron chi connectivity index (χ0n) is 16.6. The zero-order valence-corrected chi connectivity index (χ0v) is 16.6. The number of halogens is 4. The Morgan fingerprint density at radius 1 is 1.39 bits per heavy atom. The largest absolute Gasteiger partial charge is 0.491 e. The van der Waals surface area contributed by atoms with E-state index in [9.17, 15) is 22.4 Å². The molecule has 31 heavy (non-hydrogen) atoms. The first-order valence-corrected chi connectivity index (χ1v) is 9.39. The summed E-state index contributed by atoms with van der Waals surface area (Å²) < 4.78 is 65.0. The number of nitrogens with zero attached hydrogens (tertiary/aromatic N) is 3. The van der Waals surface area contributed by atoms with Crippen molar-refractivity contribution in [3.8, 4) is 5.75 Å². The molecule has 2 N–H and O–H groups in total. The van der Waals surface area contributed by atoms with Crippen LogP contribution in [-0.2, 0) is 10.9 Å². The second-order valence-electron chi connectivity index (χ2n) is 7.15. The summed E-state index contributed by atoms with van der Waals surface area (Å²) in [5.74, 6) is -1.80. The molecule has 1 aromatic heterocycles. The summed E-state index contributed by atoms with van der Waals surface area (Å²) in [5, 5.41) is 5.17. The predicted octanol–water partition coefficient (Wildman–Crippen LogP) is 3.22. The standard InChI is InChI=1S/C19H19F4N5O3/c1-24-17-12(19(21,22)23)5-25-18(27-17)26-15-13(28-6-11-4-10(28)8-31-11)3-9(7-29)14(20)16(15)30-2/h3,5,7,10-11H,4,6,8H2,1-2H3,(H2,24,25,26,27)/t10-,11-/m0/s1. The van der Waals surface area contributed by atoms with Crippen LogP contribution in [-0.4, -0.2) is 55.7 Å². The zero-order chi connectivity index (χ0) is 22.3. The van der Waals surface area contributed by atoms with Crippen molar-refractivity contribution in [2.75, 3.05) is 42.8 Å². The van der Waals surface area contributed by atoms with Crippen LogP contribution in [0.1, 0.15) is 22.3 Å². The van der Waals surface area contributed by atoms with Crippen LogP contribution in [0.2, 0.25) is 0 Å². The topological polar surface area (TPSA) is 88.6 Å². The summed E-state index contributed by atoms with van der Waals surface area (Å²) in [5.41, 5.74) is -0.680. The third-order valence-corrected chi connectivity index (χ3v) is 5.34. The smallest absolute Gasteiger partial charge is 0.421 e. The minimum absolute atomic E-state index is 0.00629. The van der Waals surface area contributed by atoms with Crippen LogP contribution < -0.4 is 20.3 Å². The third kappa shape index (κ3) is 3.71. The number of nitrogens with one attached hydrogen (secondary N) is 2. The predicted molar refractivity (Wildman–Crippen MR) is 104 cm³/mol. The van der Waals surface area contributed by atoms with Gasteiger partial charge in [0.2, 0.25) is 5.95 Å². The van der Waals surface area contributed by atoms with E-state index < -0.39 is 23.4 Å². The third-order valence-electron chi connectivity index (χ3n) is 5.34. The molecule has 12 heteroatoms. The number of ether oxygens (including phenoxy) is 2. The van der Waals surface area contributed by atoms with Crippen molar-refractivity contribution in [2.24, 2.45) is 0 Å². The number of aldehydes is 1. The van der Waals surface area contributed by atoms with Crippen molar-refractivity contribution in [3.63, 3.8) is 0 Å². The number of alkyl halides is 3. The van der Waals surface area contributed by atoms with Crippen molar-refractivity contribution < 1.29 is 31.8 Å². The van der Waals surface area contributed by atoms with Gasteiger partial charge in [0.1, 0.15) is 17.1 Å². The Bertz CT molecular complexity index is 1020. The normalized spacial score (nSPS) is 20.1. The molecule has 2 aromatic rings. The van der Waals surface area contributed by atoms with Crippen molar-refractivity contribution in [3.05, 3.63) is 29.2 Å². The maximum absolute atomic E-state index is 14.8. The first kappa shape index (κ1) is 21.1. The van der Waals surface area contributed by atoms with Crippen LogP contribution in [0, 0.1) is 5.82 Å². The van der Waals surface area contributed by atoms with Crippen molar-refractivity contribution in [2.45, 2.75) is 24.7 Å². The lowest BCUT2D eigenvalue weighted by Gasteiger charge is -2.31. The average Bonchev–Trinajstić information content (AvgIpc) is 3.37. The minimum atomic E-state index is -4.65. The first-order valence-electron chi connectivity index (χ1n) is 9.39. The van der Waals surface area contributed by atoms with Gasteiger partial charge in [0.05, 0.1) is 37.1 Å². The Morgan fingerprint density at radius 3 is 2.71 bits per heavy atom. The van der Waals surface area contributed by atoms with Crippen LogP contribution in [0.5, 0.6) is 5.75 Å². The van der Waals surface area contributed by atoms with E-state index in [1.807, 2.05) is 4.90 Å². The molecule has 0 amide bonds. The van der Waals surface area contributed by atoms with Crippen LogP contribution in [0.25, 0.3) is 0 Å². The Morgan fingerprint density at radius 2 is 2.16 bits per heavy atom. The number of carbonyl (C=O) groups excluding carboxylic acids is 1. The number of carbonyl (C=O) groups is 1. The van der Waals surface area contributed by atoms with E-state index in [2.05, 4.69) is 20.6 Å². The van der Waals surface area contributed by atoms with E-state index in [0.717, 1.165) is 6.42 Å². The Hall–Kier alpha value is -3.15. The quantitative estimate of drug-likeness (QED) is 0.522. The fourth-order valence-electron chi connectivity index (χ4n) is 3.91. The lowest BCUT2D eigenvalue weighted by molar-refractivity contribution is -0.137. The minimum Gasteiger partial charge on any atom is -0.491 e. The molecule has 1 aromatic carbocycles. The van der Waals surface area contributed by atoms with E-state index in [-0.39, 0.29) is 35.1 Å². The second kappa shape index (κ2) is 7.84. The van der Waals surface area contributed by atoms with Gasteiger partial charge >= 0.3 is 6.18 Å². The molecule has 0 radical (unpaired) electrons. The van der Waals surface area contributed by atoms with Gasteiger partial charge in [-0.25, -0.2) is 9.37 Å². The lowest BCUT2D eigenvalue weighted by Crippen LogP contribution is -2.37. The number of methoxy groups -OCH3 is 1. The van der Waals surface area contributed by atoms with Crippen molar-refractivity contribution in [1.82, 2.24) is 9.97 Å². The molecule has 2 fully saturated rings. The number of morpholine rings is 1. The van der Waals surface area contributed by atoms with E-state index in [4.69, 9.17) is 9.47 Å². The number of fused-ring (bicyclic) bond motifs is 2. The summed E-state index contributed by atoms with van der Waals surface area (Å²) in [6, 6.07) is 1.39. The Labute approximate surface area is 174 Å². The average molecular weight is 441 g/mol. The molecule has 2 atom stereocenters. The van der Waals surface area contributed by atoms with Gasteiger partial charge in [-0.15, -0.1) is 0 Å². The lowest BCUT2D eigenvalue weighted by atomic mass is 10.1. The monoisotopic (exact) mass is 441 g/mol. The maximum atomic E-state index is 14.8. The van der Waals surface area contributed by atoms with Crippen molar-refractivity contribution >= 4 is 29.4 Å². The Balaban J connectivity index is 1.80. The molecule has 2 saturated heterocycles.